The van der Waals surface area contributed by atoms with Gasteiger partial charge in [0.2, 0.25) is 0 Å². The maximum absolute atomic E-state index is 9.61. The molecule has 0 aliphatic heterocycles. The minimum Gasteiger partial charge on any atom is -0.508 e. The van der Waals surface area contributed by atoms with Gasteiger partial charge in [-0.1, -0.05) is 45.9 Å². The molecule has 40 heavy (non-hydrogen) atoms. The van der Waals surface area contributed by atoms with Gasteiger partial charge in [0.1, 0.15) is 23.0 Å². The quantitative estimate of drug-likeness (QED) is 0.114. The second kappa shape index (κ2) is 15.1. The van der Waals surface area contributed by atoms with Gasteiger partial charge in [-0.15, -0.1) is 0 Å². The summed E-state index contributed by atoms with van der Waals surface area (Å²) in [5.41, 5.74) is 4.05. The summed E-state index contributed by atoms with van der Waals surface area (Å²) in [5, 5.41) is 19.2. The number of rotatable bonds is 13. The predicted octanol–water partition coefficient (Wildman–Crippen LogP) is 6.11. The van der Waals surface area contributed by atoms with Crippen LogP contribution in [0.2, 0.25) is 0 Å². The first-order valence-corrected chi connectivity index (χ1v) is 15.4. The van der Waals surface area contributed by atoms with Crippen LogP contribution in [0.25, 0.3) is 24.3 Å². The minimum atomic E-state index is 0.192. The number of ether oxygens (including phenoxy) is 2. The van der Waals surface area contributed by atoms with Crippen molar-refractivity contribution in [2.45, 2.75) is 13.1 Å². The summed E-state index contributed by atoms with van der Waals surface area (Å²) in [6.45, 7) is 1.90. The fourth-order valence-electron chi connectivity index (χ4n) is 3.91. The van der Waals surface area contributed by atoms with Crippen LogP contribution in [0.15, 0.2) is 85.5 Å². The van der Waals surface area contributed by atoms with Gasteiger partial charge in [-0.25, -0.2) is 9.13 Å². The van der Waals surface area contributed by atoms with Crippen LogP contribution in [0, 0.1) is 0 Å². The summed E-state index contributed by atoms with van der Waals surface area (Å²) in [7, 11) is 6.98. The number of aryl methyl sites for hydroxylation is 2. The number of methoxy groups -OCH3 is 2. The van der Waals surface area contributed by atoms with Gasteiger partial charge in [0, 0.05) is 47.5 Å². The van der Waals surface area contributed by atoms with E-state index in [0.29, 0.717) is 11.5 Å². The molecule has 0 atom stereocenters. The van der Waals surface area contributed by atoms with E-state index in [9.17, 15) is 10.2 Å². The summed E-state index contributed by atoms with van der Waals surface area (Å²) < 4.78 is 15.1. The Bertz CT molecular complexity index is 1330. The minimum absolute atomic E-state index is 0.192. The van der Waals surface area contributed by atoms with Gasteiger partial charge in [0.25, 0.3) is 0 Å². The average molecular weight is 575 g/mol. The highest BCUT2D eigenvalue weighted by molar-refractivity contribution is 8.76. The molecule has 8 heteroatoms. The zero-order valence-corrected chi connectivity index (χ0v) is 24.3. The number of benzene rings is 2. The van der Waals surface area contributed by atoms with Gasteiger partial charge in [-0.05, 0) is 35.4 Å². The number of phenolic OH excluding ortho intramolecular Hbond substituents is 2. The summed E-state index contributed by atoms with van der Waals surface area (Å²) in [5.74, 6) is 3.74. The molecular weight excluding hydrogens is 540 g/mol. The first kappa shape index (κ1) is 29.1. The van der Waals surface area contributed by atoms with Crippen LogP contribution in [0.1, 0.15) is 22.3 Å². The molecule has 0 aliphatic rings. The third-order valence-electron chi connectivity index (χ3n) is 6.13. The molecule has 0 fully saturated rings. The molecule has 0 radical (unpaired) electrons. The van der Waals surface area contributed by atoms with Crippen molar-refractivity contribution in [2.75, 3.05) is 25.7 Å². The molecule has 0 aliphatic carbocycles. The second-order valence-electron chi connectivity index (χ2n) is 8.90. The first-order chi connectivity index (χ1) is 19.5. The Morgan fingerprint density at radius 1 is 0.600 bits per heavy atom. The molecule has 2 aromatic carbocycles. The van der Waals surface area contributed by atoms with Gasteiger partial charge in [-0.2, -0.15) is 0 Å². The van der Waals surface area contributed by atoms with Crippen LogP contribution < -0.4 is 18.6 Å². The molecule has 0 spiro atoms. The molecule has 0 amide bonds. The summed E-state index contributed by atoms with van der Waals surface area (Å²) in [4.78, 5) is 0. The van der Waals surface area contributed by atoms with Crippen molar-refractivity contribution in [1.29, 1.82) is 0 Å². The Kier molecular flexibility index (Phi) is 11.0. The SMILES string of the molecule is COc1cc(O)ccc1/C=C/c1cc[n+](CCSSCC[n+]2ccc(/C=C/c3ccc(O)cc3OC)cc2)cc1. The third kappa shape index (κ3) is 8.83. The van der Waals surface area contributed by atoms with Crippen LogP contribution in [0.4, 0.5) is 0 Å². The van der Waals surface area contributed by atoms with Gasteiger partial charge < -0.3 is 19.7 Å². The zero-order chi connectivity index (χ0) is 28.2. The van der Waals surface area contributed by atoms with E-state index in [2.05, 4.69) is 58.2 Å². The predicted molar refractivity (Wildman–Crippen MR) is 165 cm³/mol. The molecule has 2 heterocycles. The molecular formula is C32H34N2O4S2+2. The van der Waals surface area contributed by atoms with E-state index >= 15 is 0 Å². The topological polar surface area (TPSA) is 66.7 Å². The summed E-state index contributed by atoms with van der Waals surface area (Å²) in [6.07, 6.45) is 16.5. The standard InChI is InChI=1S/C32H32N2O4S2/c1-37-31-23-29(35)9-7-27(31)5-3-25-11-15-33(16-12-25)19-21-39-40-22-20-34-17-13-26(14-18-34)4-6-28-8-10-30(36)24-32(28)38-2/h3-18,23-24H,19-22H2,1-2H3/p+2. The first-order valence-electron chi connectivity index (χ1n) is 12.9. The molecule has 6 nitrogen and oxygen atoms in total. The number of aromatic nitrogens is 2. The maximum Gasteiger partial charge on any atom is 0.169 e. The lowest BCUT2D eigenvalue weighted by molar-refractivity contribution is -0.692. The van der Waals surface area contributed by atoms with Crippen LogP contribution in [0.3, 0.4) is 0 Å². The lowest BCUT2D eigenvalue weighted by Gasteiger charge is -2.05. The van der Waals surface area contributed by atoms with Crippen molar-refractivity contribution < 1.29 is 28.8 Å². The zero-order valence-electron chi connectivity index (χ0n) is 22.6. The third-order valence-corrected chi connectivity index (χ3v) is 8.49. The molecule has 2 N–H and O–H groups in total. The highest BCUT2D eigenvalue weighted by Gasteiger charge is 2.05. The van der Waals surface area contributed by atoms with Crippen molar-refractivity contribution in [3.63, 3.8) is 0 Å². The molecule has 0 bridgehead atoms. The number of hydrogen-bond acceptors (Lipinski definition) is 6. The summed E-state index contributed by atoms with van der Waals surface area (Å²) >= 11 is 0. The lowest BCUT2D eigenvalue weighted by Crippen LogP contribution is -2.34. The van der Waals surface area contributed by atoms with E-state index in [-0.39, 0.29) is 11.5 Å². The number of aromatic hydroxyl groups is 2. The number of nitrogens with zero attached hydrogens (tertiary/aromatic N) is 2. The maximum atomic E-state index is 9.61. The van der Waals surface area contributed by atoms with Crippen molar-refractivity contribution in [3.8, 4) is 23.0 Å². The van der Waals surface area contributed by atoms with Crippen LogP contribution in [0.5, 0.6) is 23.0 Å². The van der Waals surface area contributed by atoms with Crippen molar-refractivity contribution >= 4 is 45.9 Å². The average Bonchev–Trinajstić information content (AvgIpc) is 2.98. The van der Waals surface area contributed by atoms with E-state index < -0.39 is 0 Å². The Morgan fingerprint density at radius 3 is 1.38 bits per heavy atom. The fourth-order valence-corrected chi connectivity index (χ4v) is 5.87. The normalized spacial score (nSPS) is 11.3. The van der Waals surface area contributed by atoms with Gasteiger partial charge in [0.05, 0.1) is 25.7 Å². The number of phenols is 2. The molecule has 4 rings (SSSR count). The molecule has 206 valence electrons. The smallest absolute Gasteiger partial charge is 0.169 e. The number of hydrogen-bond donors (Lipinski definition) is 2. The van der Waals surface area contributed by atoms with Crippen LogP contribution >= 0.6 is 21.6 Å². The molecule has 4 aromatic rings. The highest BCUT2D eigenvalue weighted by Crippen LogP contribution is 2.26. The van der Waals surface area contributed by atoms with E-state index in [1.54, 1.807) is 38.5 Å². The largest absolute Gasteiger partial charge is 0.508 e. The van der Waals surface area contributed by atoms with Gasteiger partial charge in [0.15, 0.2) is 37.9 Å². The highest BCUT2D eigenvalue weighted by atomic mass is 33.1. The van der Waals surface area contributed by atoms with Gasteiger partial charge in [-0.3, -0.25) is 0 Å². The van der Waals surface area contributed by atoms with E-state index in [0.717, 1.165) is 46.8 Å². The molecule has 2 aromatic heterocycles. The Balaban J connectivity index is 1.15. The number of pyridine rings is 2. The Labute approximate surface area is 243 Å². The van der Waals surface area contributed by atoms with E-state index in [4.69, 9.17) is 9.47 Å². The molecule has 0 unspecified atom stereocenters. The van der Waals surface area contributed by atoms with E-state index in [1.165, 1.54) is 0 Å². The molecule has 0 saturated carbocycles. The Hall–Kier alpha value is -3.88. The van der Waals surface area contributed by atoms with Gasteiger partial charge >= 0.3 is 0 Å². The van der Waals surface area contributed by atoms with Crippen molar-refractivity contribution in [1.82, 2.24) is 0 Å². The monoisotopic (exact) mass is 574 g/mol. The van der Waals surface area contributed by atoms with Crippen LogP contribution in [-0.2, 0) is 13.1 Å². The van der Waals surface area contributed by atoms with Crippen LogP contribution in [-0.4, -0.2) is 35.9 Å². The van der Waals surface area contributed by atoms with Crippen molar-refractivity contribution in [2.24, 2.45) is 0 Å². The lowest BCUT2D eigenvalue weighted by atomic mass is 10.1. The Morgan fingerprint density at radius 2 is 1.00 bits per heavy atom. The second-order valence-corrected chi connectivity index (χ2v) is 11.6. The fraction of sp³-hybridized carbons (Fsp3) is 0.188. The molecule has 0 saturated heterocycles. The summed E-state index contributed by atoms with van der Waals surface area (Å²) in [6, 6.07) is 18.6. The van der Waals surface area contributed by atoms with E-state index in [1.807, 2.05) is 58.0 Å². The van der Waals surface area contributed by atoms with Crippen molar-refractivity contribution in [3.05, 3.63) is 108 Å².